The molecule has 2 aromatic rings. The molecule has 6 heteroatoms. The summed E-state index contributed by atoms with van der Waals surface area (Å²) in [6, 6.07) is 15.9. The van der Waals surface area contributed by atoms with Gasteiger partial charge in [-0.3, -0.25) is 9.79 Å². The van der Waals surface area contributed by atoms with Gasteiger partial charge in [0.15, 0.2) is 5.96 Å². The molecule has 0 atom stereocenters. The van der Waals surface area contributed by atoms with Crippen LogP contribution in [0.3, 0.4) is 0 Å². The Morgan fingerprint density at radius 3 is 2.27 bits per heavy atom. The molecule has 0 fully saturated rings. The number of hydrogen-bond acceptors (Lipinski definition) is 2. The van der Waals surface area contributed by atoms with Crippen molar-refractivity contribution in [1.29, 1.82) is 0 Å². The van der Waals surface area contributed by atoms with Crippen LogP contribution in [-0.4, -0.2) is 32.0 Å². The Kier molecular flexibility index (Phi) is 9.72. The third kappa shape index (κ3) is 7.86. The van der Waals surface area contributed by atoms with Crippen molar-refractivity contribution in [3.63, 3.8) is 0 Å². The van der Waals surface area contributed by atoms with E-state index in [0.29, 0.717) is 5.96 Å². The van der Waals surface area contributed by atoms with Gasteiger partial charge in [-0.15, -0.1) is 24.0 Å². The maximum Gasteiger partial charge on any atom is 0.243 e. The maximum atomic E-state index is 11.9. The van der Waals surface area contributed by atoms with E-state index in [0.717, 1.165) is 18.7 Å². The first-order chi connectivity index (χ1) is 12.1. The van der Waals surface area contributed by atoms with Crippen LogP contribution >= 0.6 is 24.0 Å². The van der Waals surface area contributed by atoms with Crippen molar-refractivity contribution in [3.8, 4) is 0 Å². The molecule has 26 heavy (non-hydrogen) atoms. The van der Waals surface area contributed by atoms with E-state index in [2.05, 4.69) is 53.0 Å². The van der Waals surface area contributed by atoms with Crippen LogP contribution in [0.2, 0.25) is 0 Å². The summed E-state index contributed by atoms with van der Waals surface area (Å²) in [6.45, 7) is 5.13. The average Bonchev–Trinajstić information content (AvgIpc) is 2.58. The van der Waals surface area contributed by atoms with Gasteiger partial charge in [0, 0.05) is 19.3 Å². The van der Waals surface area contributed by atoms with Crippen molar-refractivity contribution in [3.05, 3.63) is 65.2 Å². The largest absolute Gasteiger partial charge is 0.356 e. The highest BCUT2D eigenvalue weighted by molar-refractivity contribution is 14.0. The van der Waals surface area contributed by atoms with E-state index in [1.165, 1.54) is 16.7 Å². The lowest BCUT2D eigenvalue weighted by molar-refractivity contribution is -0.115. The Morgan fingerprint density at radius 2 is 1.65 bits per heavy atom. The molecule has 1 amide bonds. The number of hydrogen-bond donors (Lipinski definition) is 3. The van der Waals surface area contributed by atoms with Gasteiger partial charge in [0.1, 0.15) is 0 Å². The lowest BCUT2D eigenvalue weighted by Crippen LogP contribution is -2.42. The molecule has 0 aliphatic heterocycles. The van der Waals surface area contributed by atoms with Crippen LogP contribution in [0.1, 0.15) is 16.7 Å². The highest BCUT2D eigenvalue weighted by Crippen LogP contribution is 2.09. The van der Waals surface area contributed by atoms with E-state index in [9.17, 15) is 4.79 Å². The van der Waals surface area contributed by atoms with Gasteiger partial charge in [0.05, 0.1) is 6.54 Å². The zero-order chi connectivity index (χ0) is 18.1. The third-order valence-electron chi connectivity index (χ3n) is 3.69. The number of benzene rings is 2. The van der Waals surface area contributed by atoms with Gasteiger partial charge in [-0.1, -0.05) is 47.5 Å². The van der Waals surface area contributed by atoms with Crippen LogP contribution in [0.5, 0.6) is 0 Å². The summed E-state index contributed by atoms with van der Waals surface area (Å²) < 4.78 is 0. The van der Waals surface area contributed by atoms with E-state index in [1.807, 2.05) is 30.3 Å². The normalized spacial score (nSPS) is 10.7. The predicted octanol–water partition coefficient (Wildman–Crippen LogP) is 3.27. The van der Waals surface area contributed by atoms with Gasteiger partial charge in [-0.05, 0) is 38.0 Å². The molecule has 0 aliphatic carbocycles. The predicted molar refractivity (Wildman–Crippen MR) is 119 cm³/mol. The molecule has 0 bridgehead atoms. The number of rotatable bonds is 6. The van der Waals surface area contributed by atoms with Crippen LogP contribution in [0, 0.1) is 13.8 Å². The number of carbonyl (C=O) groups is 1. The summed E-state index contributed by atoms with van der Waals surface area (Å²) in [5.41, 5.74) is 4.62. The molecular weight excluding hydrogens is 439 g/mol. The topological polar surface area (TPSA) is 65.5 Å². The Balaban J connectivity index is 0.00000338. The number of amides is 1. The van der Waals surface area contributed by atoms with E-state index < -0.39 is 0 Å². The Labute approximate surface area is 172 Å². The summed E-state index contributed by atoms with van der Waals surface area (Å²) >= 11 is 0. The molecule has 3 N–H and O–H groups in total. The summed E-state index contributed by atoms with van der Waals surface area (Å²) in [5.74, 6) is 0.510. The van der Waals surface area contributed by atoms with Crippen molar-refractivity contribution >= 4 is 41.5 Å². The van der Waals surface area contributed by atoms with Crippen LogP contribution in [0.15, 0.2) is 53.5 Å². The van der Waals surface area contributed by atoms with E-state index >= 15 is 0 Å². The number of halogens is 1. The molecule has 0 aromatic heterocycles. The summed E-state index contributed by atoms with van der Waals surface area (Å²) in [5, 5.41) is 9.09. The molecule has 0 aliphatic rings. The van der Waals surface area contributed by atoms with Gasteiger partial charge in [-0.25, -0.2) is 0 Å². The first-order valence-electron chi connectivity index (χ1n) is 8.43. The van der Waals surface area contributed by atoms with Gasteiger partial charge >= 0.3 is 0 Å². The van der Waals surface area contributed by atoms with Gasteiger partial charge in [-0.2, -0.15) is 0 Å². The van der Waals surface area contributed by atoms with Crippen LogP contribution in [0.25, 0.3) is 0 Å². The zero-order valence-corrected chi connectivity index (χ0v) is 17.8. The first-order valence-corrected chi connectivity index (χ1v) is 8.43. The highest BCUT2D eigenvalue weighted by Gasteiger charge is 2.04. The SMILES string of the molecule is CN=C(NCCc1cc(C)cc(C)c1)NCC(=O)Nc1ccccc1.I. The lowest BCUT2D eigenvalue weighted by Gasteiger charge is -2.12. The number of carbonyl (C=O) groups excluding carboxylic acids is 1. The number of guanidine groups is 1. The second-order valence-corrected chi connectivity index (χ2v) is 6.01. The van der Waals surface area contributed by atoms with E-state index in [4.69, 9.17) is 0 Å². The smallest absolute Gasteiger partial charge is 0.243 e. The average molecular weight is 466 g/mol. The molecule has 0 spiro atoms. The van der Waals surface area contributed by atoms with Crippen molar-refractivity contribution in [2.45, 2.75) is 20.3 Å². The Bertz CT molecular complexity index is 712. The molecule has 0 unspecified atom stereocenters. The standard InChI is InChI=1S/C20H26N4O.HI/c1-15-11-16(2)13-17(12-15)9-10-22-20(21-3)23-14-19(25)24-18-7-5-4-6-8-18;/h4-8,11-13H,9-10,14H2,1-3H3,(H,24,25)(H2,21,22,23);1H. The van der Waals surface area contributed by atoms with Crippen LogP contribution in [-0.2, 0) is 11.2 Å². The highest BCUT2D eigenvalue weighted by atomic mass is 127. The van der Waals surface area contributed by atoms with E-state index in [1.54, 1.807) is 7.05 Å². The lowest BCUT2D eigenvalue weighted by atomic mass is 10.1. The second kappa shape index (κ2) is 11.5. The Hall–Kier alpha value is -2.09. The minimum atomic E-state index is -0.108. The van der Waals surface area contributed by atoms with Crippen molar-refractivity contribution < 1.29 is 4.79 Å². The van der Waals surface area contributed by atoms with Gasteiger partial charge in [0.25, 0.3) is 0 Å². The monoisotopic (exact) mass is 466 g/mol. The Morgan fingerprint density at radius 1 is 1.00 bits per heavy atom. The summed E-state index contributed by atoms with van der Waals surface area (Å²) in [7, 11) is 1.70. The molecule has 140 valence electrons. The molecule has 0 heterocycles. The third-order valence-corrected chi connectivity index (χ3v) is 3.69. The molecule has 2 rings (SSSR count). The summed E-state index contributed by atoms with van der Waals surface area (Å²) in [4.78, 5) is 16.1. The molecule has 5 nitrogen and oxygen atoms in total. The van der Waals surface area contributed by atoms with E-state index in [-0.39, 0.29) is 36.4 Å². The first kappa shape index (κ1) is 22.0. The van der Waals surface area contributed by atoms with Gasteiger partial charge in [0.2, 0.25) is 5.91 Å². The van der Waals surface area contributed by atoms with Crippen molar-refractivity contribution in [2.75, 3.05) is 25.5 Å². The summed E-state index contributed by atoms with van der Waals surface area (Å²) in [6.07, 6.45) is 0.902. The van der Waals surface area contributed by atoms with Crippen molar-refractivity contribution in [2.24, 2.45) is 4.99 Å². The van der Waals surface area contributed by atoms with Crippen LogP contribution in [0.4, 0.5) is 5.69 Å². The van der Waals surface area contributed by atoms with Crippen molar-refractivity contribution in [1.82, 2.24) is 10.6 Å². The number of nitrogens with one attached hydrogen (secondary N) is 3. The number of nitrogens with zero attached hydrogens (tertiary/aromatic N) is 1. The fourth-order valence-electron chi connectivity index (χ4n) is 2.65. The van der Waals surface area contributed by atoms with Gasteiger partial charge < -0.3 is 16.0 Å². The molecule has 0 radical (unpaired) electrons. The molecule has 0 saturated heterocycles. The number of aryl methyl sites for hydroxylation is 2. The number of para-hydroxylation sites is 1. The second-order valence-electron chi connectivity index (χ2n) is 6.01. The maximum absolute atomic E-state index is 11.9. The zero-order valence-electron chi connectivity index (χ0n) is 15.5. The molecular formula is C20H27IN4O. The fourth-order valence-corrected chi connectivity index (χ4v) is 2.65. The number of aliphatic imine (C=N–C) groups is 1. The minimum Gasteiger partial charge on any atom is -0.356 e. The molecule has 0 saturated carbocycles. The minimum absolute atomic E-state index is 0. The number of anilines is 1. The van der Waals surface area contributed by atoms with Crippen LogP contribution < -0.4 is 16.0 Å². The quantitative estimate of drug-likeness (QED) is 0.348. The molecule has 2 aromatic carbocycles. The fraction of sp³-hybridized carbons (Fsp3) is 0.300.